The van der Waals surface area contributed by atoms with Gasteiger partial charge in [-0.25, -0.2) is 8.78 Å². The predicted octanol–water partition coefficient (Wildman–Crippen LogP) is 1.93. The van der Waals surface area contributed by atoms with E-state index in [1.807, 2.05) is 0 Å². The average molecular weight is 251 g/mol. The molecule has 94 valence electrons. The topological polar surface area (TPSA) is 57.8 Å². The van der Waals surface area contributed by atoms with Gasteiger partial charge in [0.15, 0.2) is 11.6 Å². The molecule has 2 aromatic rings. The number of rotatable bonds is 3. The average Bonchev–Trinajstić information content (AvgIpc) is 2.75. The number of hydrogen-bond acceptors (Lipinski definition) is 2. The Morgan fingerprint density at radius 1 is 1.44 bits per heavy atom. The van der Waals surface area contributed by atoms with Crippen LogP contribution in [0.5, 0.6) is 0 Å². The zero-order chi connectivity index (χ0) is 13.1. The molecule has 0 unspecified atom stereocenters. The first kappa shape index (κ1) is 12.2. The second kappa shape index (κ2) is 4.95. The van der Waals surface area contributed by atoms with Crippen LogP contribution in [0.1, 0.15) is 21.6 Å². The van der Waals surface area contributed by atoms with Crippen LogP contribution in [-0.2, 0) is 6.54 Å². The summed E-state index contributed by atoms with van der Waals surface area (Å²) >= 11 is 0. The van der Waals surface area contributed by atoms with Gasteiger partial charge in [0, 0.05) is 17.8 Å². The van der Waals surface area contributed by atoms with E-state index in [1.165, 1.54) is 12.1 Å². The van der Waals surface area contributed by atoms with E-state index in [1.54, 1.807) is 13.1 Å². The lowest BCUT2D eigenvalue weighted by Gasteiger charge is -2.05. The first-order chi connectivity index (χ1) is 8.59. The second-order valence-corrected chi connectivity index (χ2v) is 3.80. The molecule has 1 heterocycles. The molecule has 0 aliphatic carbocycles. The minimum absolute atomic E-state index is 0.205. The molecule has 0 aliphatic heterocycles. The Kier molecular flexibility index (Phi) is 3.36. The Hall–Kier alpha value is -2.24. The number of aromatic amines is 1. The molecule has 0 saturated carbocycles. The van der Waals surface area contributed by atoms with Crippen LogP contribution in [0.4, 0.5) is 8.78 Å². The van der Waals surface area contributed by atoms with Gasteiger partial charge in [-0.1, -0.05) is 6.07 Å². The standard InChI is InChI=1S/C12H11F2N3O/c1-7-8(6-16-17-7)5-15-12(18)9-3-2-4-10(13)11(9)14/h2-4,6H,5H2,1H3,(H,15,18)(H,16,17). The van der Waals surface area contributed by atoms with Crippen molar-refractivity contribution in [3.63, 3.8) is 0 Å². The van der Waals surface area contributed by atoms with Crippen LogP contribution in [-0.4, -0.2) is 16.1 Å². The van der Waals surface area contributed by atoms with Crippen molar-refractivity contribution in [1.82, 2.24) is 15.5 Å². The molecule has 0 atom stereocenters. The fraction of sp³-hybridized carbons (Fsp3) is 0.167. The largest absolute Gasteiger partial charge is 0.348 e. The van der Waals surface area contributed by atoms with Crippen LogP contribution in [0.25, 0.3) is 0 Å². The van der Waals surface area contributed by atoms with Gasteiger partial charge < -0.3 is 5.32 Å². The number of nitrogens with zero attached hydrogens (tertiary/aromatic N) is 1. The molecular weight excluding hydrogens is 240 g/mol. The van der Waals surface area contributed by atoms with Crippen LogP contribution in [0.15, 0.2) is 24.4 Å². The van der Waals surface area contributed by atoms with E-state index in [-0.39, 0.29) is 12.1 Å². The maximum Gasteiger partial charge on any atom is 0.254 e. The zero-order valence-corrected chi connectivity index (χ0v) is 9.63. The summed E-state index contributed by atoms with van der Waals surface area (Å²) in [5, 5.41) is 9.02. The molecular formula is C12H11F2N3O. The summed E-state index contributed by atoms with van der Waals surface area (Å²) in [6.07, 6.45) is 1.57. The first-order valence-corrected chi connectivity index (χ1v) is 5.30. The van der Waals surface area contributed by atoms with Gasteiger partial charge in [0.1, 0.15) is 0 Å². The Labute approximate surface area is 102 Å². The lowest BCUT2D eigenvalue weighted by atomic mass is 10.2. The lowest BCUT2D eigenvalue weighted by Crippen LogP contribution is -2.24. The van der Waals surface area contributed by atoms with Crippen LogP contribution in [0.2, 0.25) is 0 Å². The maximum atomic E-state index is 13.3. The molecule has 0 aliphatic rings. The fourth-order valence-corrected chi connectivity index (χ4v) is 1.50. The van der Waals surface area contributed by atoms with Crippen LogP contribution < -0.4 is 5.32 Å². The minimum Gasteiger partial charge on any atom is -0.348 e. The van der Waals surface area contributed by atoms with E-state index in [4.69, 9.17) is 0 Å². The van der Waals surface area contributed by atoms with Crippen molar-refractivity contribution >= 4 is 5.91 Å². The number of aromatic nitrogens is 2. The summed E-state index contributed by atoms with van der Waals surface area (Å²) in [6, 6.07) is 3.48. The lowest BCUT2D eigenvalue weighted by molar-refractivity contribution is 0.0946. The number of carbonyl (C=O) groups excluding carboxylic acids is 1. The van der Waals surface area contributed by atoms with Gasteiger partial charge in [-0.2, -0.15) is 5.10 Å². The summed E-state index contributed by atoms with van der Waals surface area (Å²) in [4.78, 5) is 11.7. The number of hydrogen-bond donors (Lipinski definition) is 2. The molecule has 4 nitrogen and oxygen atoms in total. The number of carbonyl (C=O) groups is 1. The monoisotopic (exact) mass is 251 g/mol. The molecule has 18 heavy (non-hydrogen) atoms. The smallest absolute Gasteiger partial charge is 0.254 e. The summed E-state index contributed by atoms with van der Waals surface area (Å²) in [6.45, 7) is 2.01. The van der Waals surface area contributed by atoms with E-state index < -0.39 is 17.5 Å². The zero-order valence-electron chi connectivity index (χ0n) is 9.63. The Bertz CT molecular complexity index is 580. The molecule has 2 N–H and O–H groups in total. The van der Waals surface area contributed by atoms with Crippen molar-refractivity contribution in [1.29, 1.82) is 0 Å². The van der Waals surface area contributed by atoms with E-state index in [2.05, 4.69) is 15.5 Å². The minimum atomic E-state index is -1.14. The highest BCUT2D eigenvalue weighted by Gasteiger charge is 2.14. The van der Waals surface area contributed by atoms with E-state index in [0.29, 0.717) is 0 Å². The highest BCUT2D eigenvalue weighted by Crippen LogP contribution is 2.11. The van der Waals surface area contributed by atoms with Crippen molar-refractivity contribution in [3.05, 3.63) is 52.9 Å². The molecule has 1 aromatic heterocycles. The SMILES string of the molecule is Cc1[nH]ncc1CNC(=O)c1cccc(F)c1F. The Morgan fingerprint density at radius 2 is 2.22 bits per heavy atom. The normalized spacial score (nSPS) is 10.4. The molecule has 1 amide bonds. The van der Waals surface area contributed by atoms with Crippen LogP contribution in [0.3, 0.4) is 0 Å². The maximum absolute atomic E-state index is 13.3. The highest BCUT2D eigenvalue weighted by atomic mass is 19.2. The van der Waals surface area contributed by atoms with Crippen molar-refractivity contribution in [3.8, 4) is 0 Å². The van der Waals surface area contributed by atoms with Crippen molar-refractivity contribution < 1.29 is 13.6 Å². The van der Waals surface area contributed by atoms with Gasteiger partial charge in [0.05, 0.1) is 11.8 Å². The van der Waals surface area contributed by atoms with Crippen molar-refractivity contribution in [2.45, 2.75) is 13.5 Å². The number of aryl methyl sites for hydroxylation is 1. The molecule has 0 bridgehead atoms. The Morgan fingerprint density at radius 3 is 2.89 bits per heavy atom. The third-order valence-electron chi connectivity index (χ3n) is 2.57. The van der Waals surface area contributed by atoms with Crippen LogP contribution in [0, 0.1) is 18.6 Å². The summed E-state index contributed by atoms with van der Waals surface area (Å²) in [7, 11) is 0. The van der Waals surface area contributed by atoms with Gasteiger partial charge in [-0.05, 0) is 19.1 Å². The third kappa shape index (κ3) is 2.37. The fourth-order valence-electron chi connectivity index (χ4n) is 1.50. The van der Waals surface area contributed by atoms with Gasteiger partial charge in [0.2, 0.25) is 0 Å². The van der Waals surface area contributed by atoms with E-state index in [9.17, 15) is 13.6 Å². The summed E-state index contributed by atoms with van der Waals surface area (Å²) in [5.41, 5.74) is 1.30. The van der Waals surface area contributed by atoms with Gasteiger partial charge in [0.25, 0.3) is 5.91 Å². The second-order valence-electron chi connectivity index (χ2n) is 3.80. The quantitative estimate of drug-likeness (QED) is 0.875. The first-order valence-electron chi connectivity index (χ1n) is 5.30. The highest BCUT2D eigenvalue weighted by molar-refractivity contribution is 5.94. The molecule has 0 radical (unpaired) electrons. The van der Waals surface area contributed by atoms with Gasteiger partial charge >= 0.3 is 0 Å². The molecule has 0 fully saturated rings. The van der Waals surface area contributed by atoms with Gasteiger partial charge in [-0.15, -0.1) is 0 Å². The summed E-state index contributed by atoms with van der Waals surface area (Å²) in [5.74, 6) is -2.84. The molecule has 0 saturated heterocycles. The van der Waals surface area contributed by atoms with E-state index >= 15 is 0 Å². The van der Waals surface area contributed by atoms with Crippen LogP contribution >= 0.6 is 0 Å². The molecule has 2 rings (SSSR count). The predicted molar refractivity (Wildman–Crippen MR) is 60.9 cm³/mol. The molecule has 6 heteroatoms. The number of nitrogens with one attached hydrogen (secondary N) is 2. The number of amides is 1. The van der Waals surface area contributed by atoms with Crippen molar-refractivity contribution in [2.75, 3.05) is 0 Å². The number of H-pyrrole nitrogens is 1. The number of benzene rings is 1. The molecule has 1 aromatic carbocycles. The van der Waals surface area contributed by atoms with E-state index in [0.717, 1.165) is 17.3 Å². The van der Waals surface area contributed by atoms with Crippen molar-refractivity contribution in [2.24, 2.45) is 0 Å². The van der Waals surface area contributed by atoms with Gasteiger partial charge in [-0.3, -0.25) is 9.89 Å². The third-order valence-corrected chi connectivity index (χ3v) is 2.57. The Balaban J connectivity index is 2.09. The molecule has 0 spiro atoms. The number of halogens is 2. The summed E-state index contributed by atoms with van der Waals surface area (Å²) < 4.78 is 26.3.